The van der Waals surface area contributed by atoms with Gasteiger partial charge in [0.25, 0.3) is 0 Å². The van der Waals surface area contributed by atoms with Crippen LogP contribution in [0.3, 0.4) is 0 Å². The number of aromatic nitrogens is 2. The van der Waals surface area contributed by atoms with E-state index >= 15 is 0 Å². The molecule has 7 heteroatoms. The number of nitrogens with zero attached hydrogens (tertiary/aromatic N) is 2. The van der Waals surface area contributed by atoms with Gasteiger partial charge in [-0.1, -0.05) is 0 Å². The number of hydrogen-bond acceptors (Lipinski definition) is 5. The Morgan fingerprint density at radius 3 is 2.46 bits per heavy atom. The molecule has 0 bridgehead atoms. The Kier molecular flexibility index (Phi) is 5.00. The Hall–Kier alpha value is -2.41. The van der Waals surface area contributed by atoms with E-state index in [0.717, 1.165) is 12.8 Å². The molecule has 0 radical (unpaired) electrons. The van der Waals surface area contributed by atoms with Crippen LogP contribution in [0.25, 0.3) is 11.3 Å². The van der Waals surface area contributed by atoms with Crippen molar-refractivity contribution >= 4 is 11.8 Å². The van der Waals surface area contributed by atoms with Crippen molar-refractivity contribution in [2.75, 3.05) is 18.9 Å². The molecule has 1 aliphatic rings. The van der Waals surface area contributed by atoms with Crippen molar-refractivity contribution in [3.05, 3.63) is 35.8 Å². The molecule has 1 aliphatic heterocycles. The molecule has 0 saturated carbocycles. The SMILES string of the molecule is CC(C)(C)OC(=O)n1nc(-c2ccc(F)cc2)c(N)c1C1CCOCC1. The van der Waals surface area contributed by atoms with Crippen LogP contribution in [0.2, 0.25) is 0 Å². The summed E-state index contributed by atoms with van der Waals surface area (Å²) in [5, 5.41) is 4.42. The maximum atomic E-state index is 13.2. The lowest BCUT2D eigenvalue weighted by Gasteiger charge is -2.24. The van der Waals surface area contributed by atoms with E-state index in [1.54, 1.807) is 32.9 Å². The zero-order valence-electron chi connectivity index (χ0n) is 15.3. The van der Waals surface area contributed by atoms with Gasteiger partial charge >= 0.3 is 6.09 Å². The van der Waals surface area contributed by atoms with Crippen molar-refractivity contribution in [2.45, 2.75) is 45.1 Å². The van der Waals surface area contributed by atoms with Crippen LogP contribution in [-0.2, 0) is 9.47 Å². The summed E-state index contributed by atoms with van der Waals surface area (Å²) in [7, 11) is 0. The van der Waals surface area contributed by atoms with Gasteiger partial charge in [-0.05, 0) is 57.9 Å². The standard InChI is InChI=1S/C19H24FN3O3/c1-19(2,3)26-18(24)23-17(13-8-10-25-11-9-13)15(21)16(22-23)12-4-6-14(20)7-5-12/h4-7,13H,8-11,21H2,1-3H3. The van der Waals surface area contributed by atoms with Crippen molar-refractivity contribution in [2.24, 2.45) is 0 Å². The highest BCUT2D eigenvalue weighted by molar-refractivity contribution is 5.81. The van der Waals surface area contributed by atoms with Gasteiger partial charge in [0.15, 0.2) is 0 Å². The van der Waals surface area contributed by atoms with Gasteiger partial charge in [-0.3, -0.25) is 0 Å². The lowest BCUT2D eigenvalue weighted by Crippen LogP contribution is -2.30. The minimum Gasteiger partial charge on any atom is -0.442 e. The molecule has 0 amide bonds. The fourth-order valence-electron chi connectivity index (χ4n) is 3.07. The average Bonchev–Trinajstić information content (AvgIpc) is 2.92. The third-order valence-corrected chi connectivity index (χ3v) is 4.25. The molecule has 1 aromatic heterocycles. The molecule has 1 fully saturated rings. The summed E-state index contributed by atoms with van der Waals surface area (Å²) in [6.07, 6.45) is 0.933. The van der Waals surface area contributed by atoms with Crippen LogP contribution in [0.1, 0.15) is 45.2 Å². The van der Waals surface area contributed by atoms with E-state index in [1.165, 1.54) is 16.8 Å². The number of carbonyl (C=O) groups excluding carboxylic acids is 1. The highest BCUT2D eigenvalue weighted by Gasteiger charge is 2.30. The number of benzene rings is 1. The Labute approximate surface area is 152 Å². The van der Waals surface area contributed by atoms with Gasteiger partial charge in [0.05, 0.1) is 11.4 Å². The van der Waals surface area contributed by atoms with Gasteiger partial charge in [-0.25, -0.2) is 9.18 Å². The fraction of sp³-hybridized carbons (Fsp3) is 0.474. The molecule has 3 rings (SSSR count). The van der Waals surface area contributed by atoms with Crippen LogP contribution < -0.4 is 5.73 Å². The maximum Gasteiger partial charge on any atom is 0.435 e. The molecule has 2 heterocycles. The van der Waals surface area contributed by atoms with E-state index in [9.17, 15) is 9.18 Å². The largest absolute Gasteiger partial charge is 0.442 e. The van der Waals surface area contributed by atoms with E-state index in [0.29, 0.717) is 35.9 Å². The van der Waals surface area contributed by atoms with Gasteiger partial charge in [0.1, 0.15) is 17.1 Å². The number of nitrogens with two attached hydrogens (primary N) is 1. The molecule has 2 aromatic rings. The van der Waals surface area contributed by atoms with Crippen molar-refractivity contribution in [1.29, 1.82) is 0 Å². The fourth-order valence-corrected chi connectivity index (χ4v) is 3.07. The van der Waals surface area contributed by atoms with Crippen LogP contribution in [0, 0.1) is 5.82 Å². The maximum absolute atomic E-state index is 13.2. The van der Waals surface area contributed by atoms with E-state index in [1.807, 2.05) is 0 Å². The third kappa shape index (κ3) is 3.88. The molecule has 2 N–H and O–H groups in total. The van der Waals surface area contributed by atoms with Crippen LogP contribution in [0.15, 0.2) is 24.3 Å². The number of halogens is 1. The summed E-state index contributed by atoms with van der Waals surface area (Å²) >= 11 is 0. The lowest BCUT2D eigenvalue weighted by atomic mass is 9.94. The third-order valence-electron chi connectivity index (χ3n) is 4.25. The lowest BCUT2D eigenvalue weighted by molar-refractivity contribution is 0.0491. The van der Waals surface area contributed by atoms with Gasteiger partial charge in [-0.15, -0.1) is 0 Å². The Bertz CT molecular complexity index is 788. The Morgan fingerprint density at radius 1 is 1.27 bits per heavy atom. The minimum atomic E-state index is -0.652. The topological polar surface area (TPSA) is 79.4 Å². The minimum absolute atomic E-state index is 0.0537. The number of ether oxygens (including phenoxy) is 2. The number of rotatable bonds is 2. The molecule has 0 spiro atoms. The predicted molar refractivity (Wildman–Crippen MR) is 96.5 cm³/mol. The first-order chi connectivity index (χ1) is 12.3. The molecule has 1 saturated heterocycles. The molecule has 0 unspecified atom stereocenters. The highest BCUT2D eigenvalue weighted by Crippen LogP contribution is 2.37. The Balaban J connectivity index is 2.07. The molecule has 0 aliphatic carbocycles. The summed E-state index contributed by atoms with van der Waals surface area (Å²) in [4.78, 5) is 12.7. The Morgan fingerprint density at radius 2 is 1.88 bits per heavy atom. The molecule has 0 atom stereocenters. The van der Waals surface area contributed by atoms with Gasteiger partial charge in [0, 0.05) is 24.7 Å². The van der Waals surface area contributed by atoms with E-state index in [4.69, 9.17) is 15.2 Å². The number of nitrogen functional groups attached to an aromatic ring is 1. The smallest absolute Gasteiger partial charge is 0.435 e. The van der Waals surface area contributed by atoms with Gasteiger partial charge in [0.2, 0.25) is 0 Å². The quantitative estimate of drug-likeness (QED) is 0.876. The molecule has 140 valence electrons. The normalized spacial score (nSPS) is 15.8. The van der Waals surface area contributed by atoms with Crippen molar-refractivity contribution < 1.29 is 18.7 Å². The first kappa shape index (κ1) is 18.4. The molecular weight excluding hydrogens is 337 g/mol. The van der Waals surface area contributed by atoms with E-state index in [2.05, 4.69) is 5.10 Å². The highest BCUT2D eigenvalue weighted by atomic mass is 19.1. The molecular formula is C19H24FN3O3. The number of hydrogen-bond donors (Lipinski definition) is 1. The average molecular weight is 361 g/mol. The van der Waals surface area contributed by atoms with Crippen molar-refractivity contribution in [1.82, 2.24) is 9.78 Å². The van der Waals surface area contributed by atoms with Crippen LogP contribution in [0.5, 0.6) is 0 Å². The second kappa shape index (κ2) is 7.07. The second-order valence-corrected chi connectivity index (χ2v) is 7.43. The van der Waals surface area contributed by atoms with Crippen LogP contribution in [0.4, 0.5) is 14.9 Å². The van der Waals surface area contributed by atoms with Crippen molar-refractivity contribution in [3.8, 4) is 11.3 Å². The summed E-state index contributed by atoms with van der Waals surface area (Å²) in [5.41, 5.74) is 7.90. The molecule has 6 nitrogen and oxygen atoms in total. The monoisotopic (exact) mass is 361 g/mol. The van der Waals surface area contributed by atoms with E-state index in [-0.39, 0.29) is 11.7 Å². The van der Waals surface area contributed by atoms with E-state index < -0.39 is 11.7 Å². The van der Waals surface area contributed by atoms with Gasteiger partial charge < -0.3 is 15.2 Å². The zero-order valence-corrected chi connectivity index (χ0v) is 15.3. The first-order valence-corrected chi connectivity index (χ1v) is 8.71. The summed E-state index contributed by atoms with van der Waals surface area (Å²) < 4.78 is 25.4. The number of anilines is 1. The summed E-state index contributed by atoms with van der Waals surface area (Å²) in [6, 6.07) is 5.88. The molecule has 26 heavy (non-hydrogen) atoms. The summed E-state index contributed by atoms with van der Waals surface area (Å²) in [6.45, 7) is 6.61. The first-order valence-electron chi connectivity index (χ1n) is 8.71. The second-order valence-electron chi connectivity index (χ2n) is 7.43. The zero-order chi connectivity index (χ0) is 18.9. The van der Waals surface area contributed by atoms with Crippen molar-refractivity contribution in [3.63, 3.8) is 0 Å². The molecule has 1 aromatic carbocycles. The van der Waals surface area contributed by atoms with Crippen LogP contribution in [-0.4, -0.2) is 34.7 Å². The van der Waals surface area contributed by atoms with Crippen LogP contribution >= 0.6 is 0 Å². The predicted octanol–water partition coefficient (Wildman–Crippen LogP) is 3.95. The summed E-state index contributed by atoms with van der Waals surface area (Å²) in [5.74, 6) is -0.290. The number of carbonyl (C=O) groups is 1. The van der Waals surface area contributed by atoms with Gasteiger partial charge in [-0.2, -0.15) is 9.78 Å².